The van der Waals surface area contributed by atoms with E-state index >= 15 is 0 Å². The molecule has 7 heteroatoms. The molecule has 2 aromatic heterocycles. The topological polar surface area (TPSA) is 94.3 Å². The standard InChI is InChI=1S/C16H13N3O4/c1-2-22-16-17-8-11(9-18-16)19-14(20)12-7-10-5-3-4-6-13(10)23-15(12)21/h3-9H,2H2,1H3,(H,19,20). The van der Waals surface area contributed by atoms with Crippen molar-refractivity contribution < 1.29 is 13.9 Å². The molecule has 0 aliphatic rings. The van der Waals surface area contributed by atoms with Crippen LogP contribution < -0.4 is 15.7 Å². The summed E-state index contributed by atoms with van der Waals surface area (Å²) in [5.74, 6) is -0.586. The minimum absolute atomic E-state index is 0.0856. The summed E-state index contributed by atoms with van der Waals surface area (Å²) < 4.78 is 10.3. The Morgan fingerprint density at radius 2 is 2.00 bits per heavy atom. The Morgan fingerprint density at radius 1 is 1.26 bits per heavy atom. The second kappa shape index (κ2) is 6.27. The van der Waals surface area contributed by atoms with Crippen LogP contribution in [0.15, 0.2) is 51.9 Å². The summed E-state index contributed by atoms with van der Waals surface area (Å²) in [5, 5.41) is 3.22. The number of rotatable bonds is 4. The number of hydrogen-bond acceptors (Lipinski definition) is 6. The van der Waals surface area contributed by atoms with Gasteiger partial charge in [-0.15, -0.1) is 0 Å². The molecule has 0 spiro atoms. The van der Waals surface area contributed by atoms with Gasteiger partial charge in [0, 0.05) is 5.39 Å². The van der Waals surface area contributed by atoms with Gasteiger partial charge in [-0.3, -0.25) is 4.79 Å². The first-order valence-corrected chi connectivity index (χ1v) is 6.96. The van der Waals surface area contributed by atoms with Gasteiger partial charge in [-0.1, -0.05) is 18.2 Å². The molecule has 2 heterocycles. The van der Waals surface area contributed by atoms with Gasteiger partial charge in [0.25, 0.3) is 5.91 Å². The maximum atomic E-state index is 12.2. The SMILES string of the molecule is CCOc1ncc(NC(=O)c2cc3ccccc3oc2=O)cn1. The van der Waals surface area contributed by atoms with E-state index in [0.717, 1.165) is 0 Å². The number of hydrogen-bond donors (Lipinski definition) is 1. The summed E-state index contributed by atoms with van der Waals surface area (Å²) in [5.41, 5.74) is -0.00454. The Morgan fingerprint density at radius 3 is 2.74 bits per heavy atom. The highest BCUT2D eigenvalue weighted by Crippen LogP contribution is 2.14. The van der Waals surface area contributed by atoms with Crippen LogP contribution in [0.1, 0.15) is 17.3 Å². The van der Waals surface area contributed by atoms with Crippen molar-refractivity contribution in [2.24, 2.45) is 0 Å². The number of nitrogens with one attached hydrogen (secondary N) is 1. The van der Waals surface area contributed by atoms with Crippen LogP contribution in [0, 0.1) is 0 Å². The number of carbonyl (C=O) groups is 1. The van der Waals surface area contributed by atoms with Crippen molar-refractivity contribution in [2.75, 3.05) is 11.9 Å². The van der Waals surface area contributed by atoms with E-state index in [-0.39, 0.29) is 11.6 Å². The number of anilines is 1. The summed E-state index contributed by atoms with van der Waals surface area (Å²) in [7, 11) is 0. The van der Waals surface area contributed by atoms with Crippen molar-refractivity contribution in [3.63, 3.8) is 0 Å². The lowest BCUT2D eigenvalue weighted by molar-refractivity contribution is 0.102. The van der Waals surface area contributed by atoms with Gasteiger partial charge in [0.15, 0.2) is 0 Å². The van der Waals surface area contributed by atoms with Gasteiger partial charge in [0.05, 0.1) is 24.7 Å². The Bertz CT molecular complexity index is 903. The molecule has 1 aromatic carbocycles. The highest BCUT2D eigenvalue weighted by molar-refractivity contribution is 6.05. The lowest BCUT2D eigenvalue weighted by Crippen LogP contribution is -2.20. The summed E-state index contributed by atoms with van der Waals surface area (Å²) >= 11 is 0. The summed E-state index contributed by atoms with van der Waals surface area (Å²) in [6.45, 7) is 2.27. The third kappa shape index (κ3) is 3.18. The highest BCUT2D eigenvalue weighted by atomic mass is 16.5. The average Bonchev–Trinajstić information content (AvgIpc) is 2.56. The van der Waals surface area contributed by atoms with Crippen LogP contribution >= 0.6 is 0 Å². The Labute approximate surface area is 130 Å². The molecule has 0 fully saturated rings. The molecule has 0 aliphatic heterocycles. The molecule has 1 amide bonds. The van der Waals surface area contributed by atoms with Crippen molar-refractivity contribution in [1.29, 1.82) is 0 Å². The fourth-order valence-electron chi connectivity index (χ4n) is 2.00. The highest BCUT2D eigenvalue weighted by Gasteiger charge is 2.14. The lowest BCUT2D eigenvalue weighted by Gasteiger charge is -2.05. The van der Waals surface area contributed by atoms with Crippen LogP contribution in [0.25, 0.3) is 11.0 Å². The number of fused-ring (bicyclic) bond motifs is 1. The number of amides is 1. The maximum Gasteiger partial charge on any atom is 0.349 e. The van der Waals surface area contributed by atoms with Gasteiger partial charge >= 0.3 is 11.6 Å². The Hall–Kier alpha value is -3.22. The molecule has 0 aliphatic carbocycles. The zero-order valence-corrected chi connectivity index (χ0v) is 12.3. The monoisotopic (exact) mass is 311 g/mol. The van der Waals surface area contributed by atoms with Crippen LogP contribution in [0.3, 0.4) is 0 Å². The normalized spacial score (nSPS) is 10.5. The van der Waals surface area contributed by atoms with Crippen LogP contribution in [0.5, 0.6) is 6.01 Å². The van der Waals surface area contributed by atoms with Crippen LogP contribution in [0.2, 0.25) is 0 Å². The third-order valence-electron chi connectivity index (χ3n) is 3.05. The van der Waals surface area contributed by atoms with Gasteiger partial charge in [0.2, 0.25) is 0 Å². The number of carbonyl (C=O) groups excluding carboxylic acids is 1. The molecule has 3 aromatic rings. The molecule has 3 rings (SSSR count). The van der Waals surface area contributed by atoms with Gasteiger partial charge < -0.3 is 14.5 Å². The number of nitrogens with zero attached hydrogens (tertiary/aromatic N) is 2. The Balaban J connectivity index is 1.85. The molecule has 0 bridgehead atoms. The van der Waals surface area contributed by atoms with Crippen molar-refractivity contribution >= 4 is 22.6 Å². The van der Waals surface area contributed by atoms with Crippen LogP contribution in [-0.2, 0) is 0 Å². The summed E-state index contributed by atoms with van der Waals surface area (Å²) in [4.78, 5) is 32.0. The van der Waals surface area contributed by atoms with Crippen molar-refractivity contribution in [3.8, 4) is 6.01 Å². The van der Waals surface area contributed by atoms with E-state index in [1.165, 1.54) is 18.5 Å². The maximum absolute atomic E-state index is 12.2. The fraction of sp³-hybridized carbons (Fsp3) is 0.125. The van der Waals surface area contributed by atoms with Gasteiger partial charge in [-0.25, -0.2) is 14.8 Å². The van der Waals surface area contributed by atoms with E-state index in [1.54, 1.807) is 24.3 Å². The van der Waals surface area contributed by atoms with E-state index < -0.39 is 11.5 Å². The van der Waals surface area contributed by atoms with E-state index in [9.17, 15) is 9.59 Å². The number of para-hydroxylation sites is 1. The molecular weight excluding hydrogens is 298 g/mol. The smallest absolute Gasteiger partial charge is 0.349 e. The van der Waals surface area contributed by atoms with E-state index in [2.05, 4.69) is 15.3 Å². The van der Waals surface area contributed by atoms with Gasteiger partial charge in [-0.05, 0) is 19.1 Å². The zero-order chi connectivity index (χ0) is 16.2. The van der Waals surface area contributed by atoms with Gasteiger partial charge in [0.1, 0.15) is 11.1 Å². The fourth-order valence-corrected chi connectivity index (χ4v) is 2.00. The minimum Gasteiger partial charge on any atom is -0.464 e. The lowest BCUT2D eigenvalue weighted by atomic mass is 10.2. The van der Waals surface area contributed by atoms with Crippen molar-refractivity contribution in [2.45, 2.75) is 6.92 Å². The van der Waals surface area contributed by atoms with Crippen molar-refractivity contribution in [1.82, 2.24) is 9.97 Å². The molecule has 116 valence electrons. The first-order chi connectivity index (χ1) is 11.2. The molecule has 0 radical (unpaired) electrons. The molecule has 0 saturated heterocycles. The summed E-state index contributed by atoms with van der Waals surface area (Å²) in [6.07, 6.45) is 2.80. The van der Waals surface area contributed by atoms with E-state index in [0.29, 0.717) is 23.3 Å². The van der Waals surface area contributed by atoms with Crippen molar-refractivity contribution in [3.05, 3.63) is 58.7 Å². The molecule has 0 atom stereocenters. The number of aromatic nitrogens is 2. The molecule has 1 N–H and O–H groups in total. The second-order valence-corrected chi connectivity index (χ2v) is 4.63. The third-order valence-corrected chi connectivity index (χ3v) is 3.05. The second-order valence-electron chi connectivity index (χ2n) is 4.63. The quantitative estimate of drug-likeness (QED) is 0.743. The molecule has 0 unspecified atom stereocenters. The van der Waals surface area contributed by atoms with E-state index in [1.807, 2.05) is 6.92 Å². The molecule has 23 heavy (non-hydrogen) atoms. The van der Waals surface area contributed by atoms with Crippen LogP contribution in [-0.4, -0.2) is 22.5 Å². The van der Waals surface area contributed by atoms with Crippen LogP contribution in [0.4, 0.5) is 5.69 Å². The molecule has 0 saturated carbocycles. The zero-order valence-electron chi connectivity index (χ0n) is 12.3. The van der Waals surface area contributed by atoms with Gasteiger partial charge in [-0.2, -0.15) is 0 Å². The van der Waals surface area contributed by atoms with E-state index in [4.69, 9.17) is 9.15 Å². The first kappa shape index (κ1) is 14.7. The molecular formula is C16H13N3O4. The largest absolute Gasteiger partial charge is 0.464 e. The average molecular weight is 311 g/mol. The predicted molar refractivity (Wildman–Crippen MR) is 83.6 cm³/mol. The Kier molecular flexibility index (Phi) is 4.01. The predicted octanol–water partition coefficient (Wildman–Crippen LogP) is 2.23. The number of benzene rings is 1. The minimum atomic E-state index is -0.701. The summed E-state index contributed by atoms with van der Waals surface area (Å²) in [6, 6.07) is 8.68. The first-order valence-electron chi connectivity index (χ1n) is 6.96. The molecule has 7 nitrogen and oxygen atoms in total. The number of ether oxygens (including phenoxy) is 1.